The lowest BCUT2D eigenvalue weighted by Gasteiger charge is -2.56. The van der Waals surface area contributed by atoms with E-state index in [1.807, 2.05) is 12.3 Å². The highest BCUT2D eigenvalue weighted by atomic mass is 32.1. The van der Waals surface area contributed by atoms with Crippen LogP contribution in [0.5, 0.6) is 0 Å². The maximum absolute atomic E-state index is 6.27. The molecule has 1 aliphatic carbocycles. The van der Waals surface area contributed by atoms with Crippen LogP contribution < -0.4 is 0 Å². The van der Waals surface area contributed by atoms with Gasteiger partial charge in [0.15, 0.2) is 0 Å². The molecule has 0 bridgehead atoms. The number of nitrogens with zero attached hydrogens (tertiary/aromatic N) is 3. The van der Waals surface area contributed by atoms with Crippen molar-refractivity contribution in [3.05, 3.63) is 42.2 Å². The van der Waals surface area contributed by atoms with Crippen LogP contribution in [-0.4, -0.2) is 45.1 Å². The second kappa shape index (κ2) is 8.40. The van der Waals surface area contributed by atoms with Gasteiger partial charge in [-0.15, -0.1) is 0 Å². The van der Waals surface area contributed by atoms with Gasteiger partial charge in [-0.2, -0.15) is 0 Å². The molecule has 0 spiro atoms. The largest absolute Gasteiger partial charge is 0.347 e. The van der Waals surface area contributed by atoms with Crippen molar-refractivity contribution < 1.29 is 0 Å². The van der Waals surface area contributed by atoms with Crippen molar-refractivity contribution in [2.45, 2.75) is 70.8 Å². The molecule has 0 aromatic carbocycles. The minimum absolute atomic E-state index is 0.00645. The topological polar surface area (TPSA) is 19.4 Å². The van der Waals surface area contributed by atoms with Crippen LogP contribution in [0.4, 0.5) is 0 Å². The Hall–Kier alpha value is -1.26. The first-order valence-corrected chi connectivity index (χ1v) is 10.9. The molecular formula is C23H35N3S. The molecule has 0 N–H and O–H groups in total. The molecule has 0 amide bonds. The summed E-state index contributed by atoms with van der Waals surface area (Å²) < 4.78 is 0. The Bertz CT molecular complexity index is 664. The van der Waals surface area contributed by atoms with Gasteiger partial charge in [0.05, 0.1) is 22.8 Å². The van der Waals surface area contributed by atoms with Gasteiger partial charge in [-0.1, -0.05) is 43.8 Å². The summed E-state index contributed by atoms with van der Waals surface area (Å²) in [4.78, 5) is 11.1. The van der Waals surface area contributed by atoms with E-state index < -0.39 is 0 Å². The molecule has 27 heavy (non-hydrogen) atoms. The molecule has 1 aromatic heterocycles. The fourth-order valence-corrected chi connectivity index (χ4v) is 5.26. The Morgan fingerprint density at radius 3 is 2.67 bits per heavy atom. The molecule has 2 aliphatic rings. The second-order valence-electron chi connectivity index (χ2n) is 9.12. The summed E-state index contributed by atoms with van der Waals surface area (Å²) in [5.41, 5.74) is 0.985. The standard InChI is InChI=1S/C23H35N3S/c1-5-6-16-25-17-23(19-12-8-7-9-13-19,20-14-10-11-15-24-20)21(27)26(18-25)22(2,3)4/h7-8,10-11,14-15,19H,5-6,9,12-13,16-18H2,1-4H3. The van der Waals surface area contributed by atoms with Gasteiger partial charge in [-0.05, 0) is 71.0 Å². The van der Waals surface area contributed by atoms with Gasteiger partial charge in [-0.3, -0.25) is 9.88 Å². The molecule has 2 atom stereocenters. The van der Waals surface area contributed by atoms with Gasteiger partial charge in [-0.25, -0.2) is 0 Å². The van der Waals surface area contributed by atoms with E-state index in [9.17, 15) is 0 Å². The molecule has 2 unspecified atom stereocenters. The average Bonchev–Trinajstić information content (AvgIpc) is 2.67. The lowest BCUT2D eigenvalue weighted by Crippen LogP contribution is -2.67. The smallest absolute Gasteiger partial charge is 0.0933 e. The van der Waals surface area contributed by atoms with Gasteiger partial charge in [0, 0.05) is 18.3 Å². The molecule has 1 aliphatic heterocycles. The molecule has 0 saturated carbocycles. The number of aromatic nitrogens is 1. The Labute approximate surface area is 170 Å². The first-order valence-electron chi connectivity index (χ1n) is 10.5. The molecule has 3 nitrogen and oxygen atoms in total. The van der Waals surface area contributed by atoms with Crippen molar-refractivity contribution in [3.8, 4) is 0 Å². The molecular weight excluding hydrogens is 350 g/mol. The van der Waals surface area contributed by atoms with Crippen LogP contribution in [0.1, 0.15) is 65.5 Å². The predicted molar refractivity (Wildman–Crippen MR) is 118 cm³/mol. The van der Waals surface area contributed by atoms with Crippen molar-refractivity contribution in [1.82, 2.24) is 14.8 Å². The van der Waals surface area contributed by atoms with Crippen LogP contribution in [0.25, 0.3) is 0 Å². The van der Waals surface area contributed by atoms with Gasteiger partial charge < -0.3 is 4.90 Å². The van der Waals surface area contributed by atoms with Crippen LogP contribution in [0, 0.1) is 5.92 Å². The van der Waals surface area contributed by atoms with E-state index >= 15 is 0 Å². The number of rotatable bonds is 5. The zero-order valence-corrected chi connectivity index (χ0v) is 18.3. The molecule has 148 valence electrons. The average molecular weight is 386 g/mol. The molecule has 1 fully saturated rings. The summed E-state index contributed by atoms with van der Waals surface area (Å²) in [7, 11) is 0. The lowest BCUT2D eigenvalue weighted by atomic mass is 9.66. The van der Waals surface area contributed by atoms with Gasteiger partial charge in [0.2, 0.25) is 0 Å². The molecule has 0 radical (unpaired) electrons. The van der Waals surface area contributed by atoms with E-state index in [-0.39, 0.29) is 11.0 Å². The van der Waals surface area contributed by atoms with Gasteiger partial charge >= 0.3 is 0 Å². The highest BCUT2D eigenvalue weighted by Crippen LogP contribution is 2.45. The summed E-state index contributed by atoms with van der Waals surface area (Å²) in [6.07, 6.45) is 12.5. The van der Waals surface area contributed by atoms with Gasteiger partial charge in [0.1, 0.15) is 0 Å². The molecule has 1 aromatic rings. The molecule has 3 rings (SSSR count). The zero-order valence-electron chi connectivity index (χ0n) is 17.4. The van der Waals surface area contributed by atoms with Crippen molar-refractivity contribution in [1.29, 1.82) is 0 Å². The number of thiocarbonyl (C=S) groups is 1. The van der Waals surface area contributed by atoms with Crippen molar-refractivity contribution >= 4 is 17.2 Å². The van der Waals surface area contributed by atoms with Crippen LogP contribution in [0.2, 0.25) is 0 Å². The third kappa shape index (κ3) is 4.12. The van der Waals surface area contributed by atoms with E-state index in [1.54, 1.807) is 0 Å². The Kier molecular flexibility index (Phi) is 6.37. The SMILES string of the molecule is CCCCN1CN(C(C)(C)C)C(=S)C(c2ccccn2)(C2CC=CCC2)C1. The minimum Gasteiger partial charge on any atom is -0.347 e. The predicted octanol–water partition coefficient (Wildman–Crippen LogP) is 5.18. The van der Waals surface area contributed by atoms with Crippen molar-refractivity contribution in [2.24, 2.45) is 5.92 Å². The highest BCUT2D eigenvalue weighted by molar-refractivity contribution is 7.80. The van der Waals surface area contributed by atoms with Crippen LogP contribution in [0.15, 0.2) is 36.5 Å². The second-order valence-corrected chi connectivity index (χ2v) is 9.51. The maximum atomic E-state index is 6.27. The fourth-order valence-electron chi connectivity index (χ4n) is 4.59. The molecule has 1 saturated heterocycles. The van der Waals surface area contributed by atoms with E-state index in [2.05, 4.69) is 61.8 Å². The molecule has 2 heterocycles. The van der Waals surface area contributed by atoms with E-state index in [0.29, 0.717) is 5.92 Å². The third-order valence-corrected chi connectivity index (χ3v) is 6.75. The van der Waals surface area contributed by atoms with Crippen molar-refractivity contribution in [3.63, 3.8) is 0 Å². The molecule has 4 heteroatoms. The number of hydrogen-bond donors (Lipinski definition) is 0. The maximum Gasteiger partial charge on any atom is 0.0933 e. The lowest BCUT2D eigenvalue weighted by molar-refractivity contribution is 0.0538. The Morgan fingerprint density at radius 2 is 2.07 bits per heavy atom. The van der Waals surface area contributed by atoms with Crippen molar-refractivity contribution in [2.75, 3.05) is 19.8 Å². The summed E-state index contributed by atoms with van der Waals surface area (Å²) >= 11 is 6.27. The first kappa shape index (κ1) is 20.5. The zero-order chi connectivity index (χ0) is 19.5. The Morgan fingerprint density at radius 1 is 1.26 bits per heavy atom. The quantitative estimate of drug-likeness (QED) is 0.514. The van der Waals surface area contributed by atoms with Gasteiger partial charge in [0.25, 0.3) is 0 Å². The summed E-state index contributed by atoms with van der Waals surface area (Å²) in [5, 5.41) is 0. The normalized spacial score (nSPS) is 27.2. The summed E-state index contributed by atoms with van der Waals surface area (Å²) in [6.45, 7) is 12.2. The third-order valence-electron chi connectivity index (χ3n) is 6.17. The summed E-state index contributed by atoms with van der Waals surface area (Å²) in [5.74, 6) is 0.513. The number of hydrogen-bond acceptors (Lipinski definition) is 3. The van der Waals surface area contributed by atoms with E-state index in [4.69, 9.17) is 17.2 Å². The monoisotopic (exact) mass is 385 g/mol. The van der Waals surface area contributed by atoms with E-state index in [1.165, 1.54) is 19.3 Å². The highest BCUT2D eigenvalue weighted by Gasteiger charge is 2.52. The van der Waals surface area contributed by atoms with Crippen LogP contribution >= 0.6 is 12.2 Å². The number of pyridine rings is 1. The van der Waals surface area contributed by atoms with E-state index in [0.717, 1.165) is 43.3 Å². The Balaban J connectivity index is 2.09. The summed E-state index contributed by atoms with van der Waals surface area (Å²) in [6, 6.07) is 6.34. The number of allylic oxidation sites excluding steroid dienone is 2. The minimum atomic E-state index is -0.180. The first-order chi connectivity index (χ1) is 12.9. The fraction of sp³-hybridized carbons (Fsp3) is 0.652. The van der Waals surface area contributed by atoms with Crippen LogP contribution in [-0.2, 0) is 5.41 Å². The van der Waals surface area contributed by atoms with Crippen LogP contribution in [0.3, 0.4) is 0 Å². The number of unbranched alkanes of at least 4 members (excludes halogenated alkanes) is 1.